The molecule has 0 fully saturated rings. The van der Waals surface area contributed by atoms with E-state index in [2.05, 4.69) is 4.98 Å². The predicted octanol–water partition coefficient (Wildman–Crippen LogP) is 1.88. The molecule has 0 saturated carbocycles. The zero-order chi connectivity index (χ0) is 10.1. The standard InChI is InChI=1S/C9H9N3S2/c1-6-5-14-9(11-6)12-4-2-3-7(12)8(10)13/h2-5H,1H3,(H2,10,13). The molecule has 0 saturated heterocycles. The first-order chi connectivity index (χ1) is 6.68. The number of thiazole rings is 1. The van der Waals surface area contributed by atoms with Gasteiger partial charge in [0.15, 0.2) is 5.13 Å². The second-order valence-electron chi connectivity index (χ2n) is 2.90. The molecule has 3 nitrogen and oxygen atoms in total. The number of rotatable bonds is 2. The molecular weight excluding hydrogens is 214 g/mol. The Labute approximate surface area is 91.2 Å². The minimum Gasteiger partial charge on any atom is -0.388 e. The van der Waals surface area contributed by atoms with Gasteiger partial charge in [0.25, 0.3) is 0 Å². The summed E-state index contributed by atoms with van der Waals surface area (Å²) in [5.74, 6) is 0. The highest BCUT2D eigenvalue weighted by molar-refractivity contribution is 7.80. The van der Waals surface area contributed by atoms with Crippen LogP contribution in [0.4, 0.5) is 0 Å². The third-order valence-electron chi connectivity index (χ3n) is 1.81. The third-order valence-corrected chi connectivity index (χ3v) is 2.98. The summed E-state index contributed by atoms with van der Waals surface area (Å²) in [7, 11) is 0. The van der Waals surface area contributed by atoms with Crippen LogP contribution in [0.3, 0.4) is 0 Å². The summed E-state index contributed by atoms with van der Waals surface area (Å²) in [6, 6.07) is 3.80. The first-order valence-corrected chi connectivity index (χ1v) is 5.37. The van der Waals surface area contributed by atoms with E-state index >= 15 is 0 Å². The fraction of sp³-hybridized carbons (Fsp3) is 0.111. The highest BCUT2D eigenvalue weighted by atomic mass is 32.1. The van der Waals surface area contributed by atoms with Crippen molar-refractivity contribution in [2.75, 3.05) is 0 Å². The van der Waals surface area contributed by atoms with Crippen molar-refractivity contribution in [3.8, 4) is 5.13 Å². The van der Waals surface area contributed by atoms with Crippen molar-refractivity contribution in [1.82, 2.24) is 9.55 Å². The van der Waals surface area contributed by atoms with Gasteiger partial charge >= 0.3 is 0 Å². The lowest BCUT2D eigenvalue weighted by Gasteiger charge is -2.02. The average Bonchev–Trinajstić information content (AvgIpc) is 2.70. The largest absolute Gasteiger partial charge is 0.388 e. The molecule has 5 heteroatoms. The van der Waals surface area contributed by atoms with E-state index in [-0.39, 0.29) is 0 Å². The quantitative estimate of drug-likeness (QED) is 0.791. The summed E-state index contributed by atoms with van der Waals surface area (Å²) < 4.78 is 1.90. The van der Waals surface area contributed by atoms with Crippen molar-refractivity contribution in [2.45, 2.75) is 6.92 Å². The highest BCUT2D eigenvalue weighted by Gasteiger charge is 2.07. The van der Waals surface area contributed by atoms with Crippen molar-refractivity contribution in [1.29, 1.82) is 0 Å². The van der Waals surface area contributed by atoms with Gasteiger partial charge in [0.05, 0.1) is 11.4 Å². The van der Waals surface area contributed by atoms with Crippen LogP contribution in [0.1, 0.15) is 11.4 Å². The van der Waals surface area contributed by atoms with Crippen LogP contribution in [-0.4, -0.2) is 14.5 Å². The van der Waals surface area contributed by atoms with Crippen LogP contribution in [0.5, 0.6) is 0 Å². The van der Waals surface area contributed by atoms with Crippen molar-refractivity contribution in [3.63, 3.8) is 0 Å². The first kappa shape index (κ1) is 9.36. The van der Waals surface area contributed by atoms with E-state index in [0.29, 0.717) is 4.99 Å². The van der Waals surface area contributed by atoms with Crippen LogP contribution in [0, 0.1) is 6.92 Å². The molecule has 0 radical (unpaired) electrons. The number of nitrogens with two attached hydrogens (primary N) is 1. The molecule has 0 bridgehead atoms. The molecule has 2 aromatic heterocycles. The molecular formula is C9H9N3S2. The molecule has 72 valence electrons. The number of hydrogen-bond donors (Lipinski definition) is 1. The maximum Gasteiger partial charge on any atom is 0.194 e. The molecule has 2 aromatic rings. The van der Waals surface area contributed by atoms with Crippen LogP contribution in [-0.2, 0) is 0 Å². The number of aryl methyl sites for hydroxylation is 1. The van der Waals surface area contributed by atoms with Gasteiger partial charge in [-0.3, -0.25) is 4.57 Å². The topological polar surface area (TPSA) is 43.8 Å². The summed E-state index contributed by atoms with van der Waals surface area (Å²) in [5, 5.41) is 2.90. The Morgan fingerprint density at radius 2 is 2.43 bits per heavy atom. The molecule has 2 N–H and O–H groups in total. The van der Waals surface area contributed by atoms with Crippen molar-refractivity contribution >= 4 is 28.5 Å². The molecule has 14 heavy (non-hydrogen) atoms. The molecule has 0 amide bonds. The van der Waals surface area contributed by atoms with Gasteiger partial charge < -0.3 is 5.73 Å². The van der Waals surface area contributed by atoms with Gasteiger partial charge in [-0.1, -0.05) is 12.2 Å². The Morgan fingerprint density at radius 3 is 3.00 bits per heavy atom. The molecule has 0 atom stereocenters. The number of aromatic nitrogens is 2. The summed E-state index contributed by atoms with van der Waals surface area (Å²) in [4.78, 5) is 4.75. The Bertz CT molecular complexity index is 470. The normalized spacial score (nSPS) is 10.4. The van der Waals surface area contributed by atoms with Gasteiger partial charge in [-0.05, 0) is 19.1 Å². The maximum atomic E-state index is 5.59. The highest BCUT2D eigenvalue weighted by Crippen LogP contribution is 2.17. The van der Waals surface area contributed by atoms with Crippen LogP contribution >= 0.6 is 23.6 Å². The minimum absolute atomic E-state index is 0.392. The molecule has 2 heterocycles. The maximum absolute atomic E-state index is 5.59. The Morgan fingerprint density at radius 1 is 1.64 bits per heavy atom. The SMILES string of the molecule is Cc1csc(-n2cccc2C(N)=S)n1. The minimum atomic E-state index is 0.392. The molecule has 0 spiro atoms. The lowest BCUT2D eigenvalue weighted by atomic mass is 10.4. The van der Waals surface area contributed by atoms with Crippen LogP contribution in [0.15, 0.2) is 23.7 Å². The van der Waals surface area contributed by atoms with Crippen molar-refractivity contribution in [3.05, 3.63) is 35.1 Å². The van der Waals surface area contributed by atoms with Gasteiger partial charge in [0.1, 0.15) is 4.99 Å². The van der Waals surface area contributed by atoms with E-state index in [1.807, 2.05) is 35.2 Å². The van der Waals surface area contributed by atoms with E-state index in [1.54, 1.807) is 11.3 Å². The second kappa shape index (κ2) is 3.51. The summed E-state index contributed by atoms with van der Waals surface area (Å²) >= 11 is 6.52. The fourth-order valence-electron chi connectivity index (χ4n) is 1.20. The predicted molar refractivity (Wildman–Crippen MR) is 62.1 cm³/mol. The summed E-state index contributed by atoms with van der Waals surface area (Å²) in [5.41, 5.74) is 7.43. The molecule has 0 unspecified atom stereocenters. The van der Waals surface area contributed by atoms with E-state index in [0.717, 1.165) is 16.5 Å². The van der Waals surface area contributed by atoms with Gasteiger partial charge in [0, 0.05) is 11.6 Å². The van der Waals surface area contributed by atoms with Crippen molar-refractivity contribution < 1.29 is 0 Å². The Kier molecular flexibility index (Phi) is 2.35. The van der Waals surface area contributed by atoms with E-state index in [9.17, 15) is 0 Å². The van der Waals surface area contributed by atoms with E-state index in [4.69, 9.17) is 18.0 Å². The van der Waals surface area contributed by atoms with Crippen LogP contribution in [0.2, 0.25) is 0 Å². The zero-order valence-electron chi connectivity index (χ0n) is 7.60. The number of hydrogen-bond acceptors (Lipinski definition) is 3. The third kappa shape index (κ3) is 1.56. The van der Waals surface area contributed by atoms with Gasteiger partial charge in [-0.15, -0.1) is 11.3 Å². The number of thiocarbonyl (C=S) groups is 1. The Hall–Kier alpha value is -1.20. The molecule has 0 aliphatic heterocycles. The lowest BCUT2D eigenvalue weighted by molar-refractivity contribution is 1.02. The second-order valence-corrected chi connectivity index (χ2v) is 4.18. The summed E-state index contributed by atoms with van der Waals surface area (Å²) in [6.45, 7) is 1.96. The average molecular weight is 223 g/mol. The van der Waals surface area contributed by atoms with Gasteiger partial charge in [-0.25, -0.2) is 4.98 Å². The van der Waals surface area contributed by atoms with Crippen LogP contribution in [0.25, 0.3) is 5.13 Å². The first-order valence-electron chi connectivity index (χ1n) is 4.08. The van der Waals surface area contributed by atoms with Gasteiger partial charge in [0.2, 0.25) is 0 Å². The zero-order valence-corrected chi connectivity index (χ0v) is 9.23. The van der Waals surface area contributed by atoms with E-state index in [1.165, 1.54) is 0 Å². The summed E-state index contributed by atoms with van der Waals surface area (Å²) in [6.07, 6.45) is 1.91. The van der Waals surface area contributed by atoms with Gasteiger partial charge in [-0.2, -0.15) is 0 Å². The van der Waals surface area contributed by atoms with Crippen LogP contribution < -0.4 is 5.73 Å². The molecule has 0 aliphatic rings. The monoisotopic (exact) mass is 223 g/mol. The van der Waals surface area contributed by atoms with E-state index < -0.39 is 0 Å². The molecule has 0 aromatic carbocycles. The molecule has 2 rings (SSSR count). The van der Waals surface area contributed by atoms with Crippen molar-refractivity contribution in [2.24, 2.45) is 5.73 Å². The smallest absolute Gasteiger partial charge is 0.194 e. The number of nitrogens with zero attached hydrogens (tertiary/aromatic N) is 2. The molecule has 0 aliphatic carbocycles. The lowest BCUT2D eigenvalue weighted by Crippen LogP contribution is -2.14. The Balaban J connectivity index is 2.51. The fourth-order valence-corrected chi connectivity index (χ4v) is 2.17.